The van der Waals surface area contributed by atoms with Crippen molar-refractivity contribution >= 4 is 33.3 Å². The number of aryl methyl sites for hydroxylation is 4. The molecule has 0 bridgehead atoms. The third-order valence-electron chi connectivity index (χ3n) is 5.54. The molecule has 1 amide bonds. The number of fused-ring (bicyclic) bond motifs is 1. The molecule has 8 heteroatoms. The normalized spacial score (nSPS) is 14.8. The first-order chi connectivity index (χ1) is 14.2. The topological polar surface area (TPSA) is 75.1 Å². The number of anilines is 1. The predicted octanol–water partition coefficient (Wildman–Crippen LogP) is 3.80. The zero-order valence-electron chi connectivity index (χ0n) is 18.5. The van der Waals surface area contributed by atoms with E-state index in [0.29, 0.717) is 13.1 Å². The van der Waals surface area contributed by atoms with Crippen LogP contribution in [0.15, 0.2) is 6.07 Å². The van der Waals surface area contributed by atoms with Crippen LogP contribution in [0.1, 0.15) is 58.0 Å². The van der Waals surface area contributed by atoms with Crippen LogP contribution in [0, 0.1) is 27.7 Å². The van der Waals surface area contributed by atoms with Gasteiger partial charge in [-0.05, 0) is 33.3 Å². The molecular formula is C22H28N6OS. The van der Waals surface area contributed by atoms with Crippen LogP contribution in [0.5, 0.6) is 0 Å². The third kappa shape index (κ3) is 3.76. The molecule has 30 heavy (non-hydrogen) atoms. The summed E-state index contributed by atoms with van der Waals surface area (Å²) in [6.07, 6.45) is 0. The average molecular weight is 425 g/mol. The molecule has 1 aliphatic rings. The lowest BCUT2D eigenvalue weighted by Gasteiger charge is -2.35. The van der Waals surface area contributed by atoms with Crippen LogP contribution in [-0.4, -0.2) is 56.9 Å². The number of rotatable bonds is 3. The smallest absolute Gasteiger partial charge is 0.264 e. The maximum atomic E-state index is 13.3. The van der Waals surface area contributed by atoms with Gasteiger partial charge in [0.15, 0.2) is 0 Å². The molecule has 4 heterocycles. The lowest BCUT2D eigenvalue weighted by atomic mass is 10.1. The first-order valence-electron chi connectivity index (χ1n) is 10.4. The number of piperazine rings is 1. The maximum Gasteiger partial charge on any atom is 0.264 e. The molecule has 4 rings (SSSR count). The number of hydrogen-bond donors (Lipinski definition) is 0. The molecule has 3 aromatic heterocycles. The Hall–Kier alpha value is -2.61. The minimum absolute atomic E-state index is 0.0916. The molecule has 0 saturated carbocycles. The van der Waals surface area contributed by atoms with Crippen LogP contribution in [0.4, 0.5) is 5.82 Å². The zero-order valence-corrected chi connectivity index (χ0v) is 19.3. The second-order valence-corrected chi connectivity index (χ2v) is 9.25. The highest BCUT2D eigenvalue weighted by Gasteiger charge is 2.27. The summed E-state index contributed by atoms with van der Waals surface area (Å²) in [4.78, 5) is 37.4. The van der Waals surface area contributed by atoms with E-state index in [2.05, 4.69) is 33.7 Å². The van der Waals surface area contributed by atoms with Crippen LogP contribution in [0.2, 0.25) is 0 Å². The van der Waals surface area contributed by atoms with Gasteiger partial charge in [0.05, 0.1) is 4.88 Å². The van der Waals surface area contributed by atoms with E-state index < -0.39 is 0 Å². The van der Waals surface area contributed by atoms with Crippen molar-refractivity contribution in [2.75, 3.05) is 31.1 Å². The lowest BCUT2D eigenvalue weighted by molar-refractivity contribution is 0.0751. The first kappa shape index (κ1) is 20.7. The second-order valence-electron chi connectivity index (χ2n) is 8.25. The van der Waals surface area contributed by atoms with Gasteiger partial charge >= 0.3 is 0 Å². The molecular weight excluding hydrogens is 396 g/mol. The Bertz CT molecular complexity index is 1110. The highest BCUT2D eigenvalue weighted by atomic mass is 32.1. The number of carbonyl (C=O) groups is 1. The second kappa shape index (κ2) is 7.91. The van der Waals surface area contributed by atoms with E-state index in [4.69, 9.17) is 4.98 Å². The molecule has 0 aromatic carbocycles. The number of amides is 1. The van der Waals surface area contributed by atoms with Gasteiger partial charge in [-0.1, -0.05) is 13.8 Å². The lowest BCUT2D eigenvalue weighted by Crippen LogP contribution is -2.49. The van der Waals surface area contributed by atoms with Crippen LogP contribution in [0.3, 0.4) is 0 Å². The Kier molecular flexibility index (Phi) is 5.44. The summed E-state index contributed by atoms with van der Waals surface area (Å²) >= 11 is 1.48. The molecule has 7 nitrogen and oxygen atoms in total. The van der Waals surface area contributed by atoms with Crippen molar-refractivity contribution in [2.24, 2.45) is 0 Å². The molecule has 3 aromatic rings. The first-order valence-corrected chi connectivity index (χ1v) is 11.2. The molecule has 1 aliphatic heterocycles. The molecule has 0 N–H and O–H groups in total. The average Bonchev–Trinajstić information content (AvgIpc) is 3.03. The van der Waals surface area contributed by atoms with Crippen LogP contribution in [0.25, 0.3) is 10.2 Å². The van der Waals surface area contributed by atoms with E-state index in [1.54, 1.807) is 0 Å². The minimum atomic E-state index is 0.0916. The highest BCUT2D eigenvalue weighted by molar-refractivity contribution is 7.20. The van der Waals surface area contributed by atoms with Crippen molar-refractivity contribution in [3.8, 4) is 0 Å². The summed E-state index contributed by atoms with van der Waals surface area (Å²) in [6, 6.07) is 2.03. The quantitative estimate of drug-likeness (QED) is 0.637. The minimum Gasteiger partial charge on any atom is -0.353 e. The van der Waals surface area contributed by atoms with Crippen LogP contribution >= 0.6 is 11.3 Å². The zero-order chi connectivity index (χ0) is 21.6. The van der Waals surface area contributed by atoms with Crippen molar-refractivity contribution in [1.82, 2.24) is 24.8 Å². The van der Waals surface area contributed by atoms with Crippen molar-refractivity contribution in [3.05, 3.63) is 39.5 Å². The van der Waals surface area contributed by atoms with Gasteiger partial charge in [-0.3, -0.25) is 4.79 Å². The SMILES string of the molecule is Cc1cc(N2CCN(C(=O)c3sc4nc(C)nc(C)c4c3C)CC2)nc(C(C)C)n1. The van der Waals surface area contributed by atoms with Crippen molar-refractivity contribution in [1.29, 1.82) is 0 Å². The molecule has 1 saturated heterocycles. The van der Waals surface area contributed by atoms with E-state index >= 15 is 0 Å². The van der Waals surface area contributed by atoms with Gasteiger partial charge in [0, 0.05) is 54.9 Å². The summed E-state index contributed by atoms with van der Waals surface area (Å²) in [5, 5.41) is 1.02. The number of nitrogens with zero attached hydrogens (tertiary/aromatic N) is 6. The Morgan fingerprint density at radius 3 is 2.37 bits per heavy atom. The fourth-order valence-corrected chi connectivity index (χ4v) is 5.20. The maximum absolute atomic E-state index is 13.3. The van der Waals surface area contributed by atoms with Gasteiger partial charge < -0.3 is 9.80 Å². The monoisotopic (exact) mass is 424 g/mol. The summed E-state index contributed by atoms with van der Waals surface area (Å²) in [6.45, 7) is 15.0. The van der Waals surface area contributed by atoms with E-state index in [0.717, 1.165) is 62.6 Å². The summed E-state index contributed by atoms with van der Waals surface area (Å²) < 4.78 is 0. The molecule has 1 fully saturated rings. The predicted molar refractivity (Wildman–Crippen MR) is 121 cm³/mol. The third-order valence-corrected chi connectivity index (χ3v) is 6.72. The van der Waals surface area contributed by atoms with Crippen molar-refractivity contribution in [3.63, 3.8) is 0 Å². The fourth-order valence-electron chi connectivity index (χ4n) is 3.95. The largest absolute Gasteiger partial charge is 0.353 e. The standard InChI is InChI=1S/C22H28N6OS/c1-12(2)20-23-13(3)11-17(26-20)27-7-9-28(10-8-27)22(29)19-14(4)18-15(5)24-16(6)25-21(18)30-19/h11-12H,7-10H2,1-6H3. The molecule has 0 atom stereocenters. The summed E-state index contributed by atoms with van der Waals surface area (Å²) in [5.74, 6) is 2.95. The van der Waals surface area contributed by atoms with E-state index in [9.17, 15) is 4.79 Å². The van der Waals surface area contributed by atoms with Gasteiger partial charge in [-0.15, -0.1) is 11.3 Å². The Labute approximate surface area is 181 Å². The summed E-state index contributed by atoms with van der Waals surface area (Å²) in [5.41, 5.74) is 2.91. The summed E-state index contributed by atoms with van der Waals surface area (Å²) in [7, 11) is 0. The highest BCUT2D eigenvalue weighted by Crippen LogP contribution is 2.32. The van der Waals surface area contributed by atoms with Gasteiger partial charge in [-0.25, -0.2) is 19.9 Å². The van der Waals surface area contributed by atoms with Crippen LogP contribution < -0.4 is 4.90 Å². The number of carbonyl (C=O) groups excluding carboxylic acids is 1. The molecule has 0 aliphatic carbocycles. The molecule has 158 valence electrons. The Morgan fingerprint density at radius 1 is 1.00 bits per heavy atom. The molecule has 0 unspecified atom stereocenters. The number of aromatic nitrogens is 4. The Morgan fingerprint density at radius 2 is 1.70 bits per heavy atom. The molecule has 0 spiro atoms. The van der Waals surface area contributed by atoms with E-state index in [-0.39, 0.29) is 11.8 Å². The number of hydrogen-bond acceptors (Lipinski definition) is 7. The van der Waals surface area contributed by atoms with Crippen LogP contribution in [-0.2, 0) is 0 Å². The Balaban J connectivity index is 1.52. The van der Waals surface area contributed by atoms with Crippen molar-refractivity contribution < 1.29 is 4.79 Å². The van der Waals surface area contributed by atoms with Crippen molar-refractivity contribution in [2.45, 2.75) is 47.5 Å². The molecule has 0 radical (unpaired) electrons. The van der Waals surface area contributed by atoms with Gasteiger partial charge in [0.1, 0.15) is 22.3 Å². The number of thiophene rings is 1. The van der Waals surface area contributed by atoms with Gasteiger partial charge in [0.25, 0.3) is 5.91 Å². The fraction of sp³-hybridized carbons (Fsp3) is 0.500. The van der Waals surface area contributed by atoms with E-state index in [1.165, 1.54) is 11.3 Å². The van der Waals surface area contributed by atoms with E-state index in [1.807, 2.05) is 38.7 Å². The van der Waals surface area contributed by atoms with Gasteiger partial charge in [0.2, 0.25) is 0 Å². The van der Waals surface area contributed by atoms with Gasteiger partial charge in [-0.2, -0.15) is 0 Å².